The predicted octanol–water partition coefficient (Wildman–Crippen LogP) is 4.30. The second-order valence-corrected chi connectivity index (χ2v) is 8.07. The van der Waals surface area contributed by atoms with Crippen molar-refractivity contribution >= 4 is 34.3 Å². The summed E-state index contributed by atoms with van der Waals surface area (Å²) >= 11 is 5.95. The van der Waals surface area contributed by atoms with Gasteiger partial charge in [-0.3, -0.25) is 9.59 Å². The van der Waals surface area contributed by atoms with E-state index in [0.717, 1.165) is 11.1 Å². The number of nitrogens with zero attached hydrogens (tertiary/aromatic N) is 2. The molecule has 8 heteroatoms. The Balaban J connectivity index is 1.49. The van der Waals surface area contributed by atoms with Gasteiger partial charge in [0.05, 0.1) is 25.3 Å². The smallest absolute Gasteiger partial charge is 0.240 e. The number of para-hydroxylation sites is 2. The van der Waals surface area contributed by atoms with Crippen LogP contribution in [0.3, 0.4) is 0 Å². The van der Waals surface area contributed by atoms with E-state index in [0.29, 0.717) is 40.6 Å². The molecule has 0 saturated carbocycles. The maximum absolute atomic E-state index is 13.2. The topological polar surface area (TPSA) is 82.5 Å². The molecule has 1 amide bonds. The molecule has 4 rings (SSSR count). The van der Waals surface area contributed by atoms with E-state index in [1.807, 2.05) is 42.5 Å². The van der Waals surface area contributed by atoms with Gasteiger partial charge in [0.2, 0.25) is 11.7 Å². The molecule has 0 fully saturated rings. The minimum absolute atomic E-state index is 0.0267. The number of fused-ring (bicyclic) bond motifs is 1. The van der Waals surface area contributed by atoms with Gasteiger partial charge >= 0.3 is 0 Å². The summed E-state index contributed by atoms with van der Waals surface area (Å²) in [4.78, 5) is 30.5. The van der Waals surface area contributed by atoms with E-state index in [2.05, 4.69) is 10.3 Å². The van der Waals surface area contributed by atoms with Gasteiger partial charge in [0, 0.05) is 17.1 Å². The SMILES string of the molecule is COc1ccc(CCNC(=O)Cn2c(C(=O)c3ccc(Cl)cc3)nc3ccccc32)cc1OC. The van der Waals surface area contributed by atoms with E-state index in [1.54, 1.807) is 43.1 Å². The van der Waals surface area contributed by atoms with Crippen molar-refractivity contribution in [2.45, 2.75) is 13.0 Å². The lowest BCUT2D eigenvalue weighted by atomic mass is 10.1. The summed E-state index contributed by atoms with van der Waals surface area (Å²) in [5, 5.41) is 3.47. The van der Waals surface area contributed by atoms with Crippen molar-refractivity contribution in [2.75, 3.05) is 20.8 Å². The van der Waals surface area contributed by atoms with Crippen LogP contribution < -0.4 is 14.8 Å². The number of methoxy groups -OCH3 is 2. The Labute approximate surface area is 202 Å². The molecule has 1 N–H and O–H groups in total. The van der Waals surface area contributed by atoms with Crippen LogP contribution >= 0.6 is 11.6 Å². The first kappa shape index (κ1) is 23.3. The molecule has 0 spiro atoms. The van der Waals surface area contributed by atoms with Crippen LogP contribution in [0.5, 0.6) is 11.5 Å². The lowest BCUT2D eigenvalue weighted by Crippen LogP contribution is -2.30. The number of amides is 1. The van der Waals surface area contributed by atoms with Crippen LogP contribution in [0.2, 0.25) is 5.02 Å². The highest BCUT2D eigenvalue weighted by atomic mass is 35.5. The van der Waals surface area contributed by atoms with Gasteiger partial charge in [0.1, 0.15) is 6.54 Å². The number of carbonyl (C=O) groups excluding carboxylic acids is 2. The van der Waals surface area contributed by atoms with E-state index in [1.165, 1.54) is 0 Å². The first-order valence-corrected chi connectivity index (χ1v) is 11.1. The number of benzene rings is 3. The fraction of sp³-hybridized carbons (Fsp3) is 0.192. The summed E-state index contributed by atoms with van der Waals surface area (Å²) < 4.78 is 12.2. The monoisotopic (exact) mass is 477 g/mol. The molecule has 174 valence electrons. The van der Waals surface area contributed by atoms with Gasteiger partial charge < -0.3 is 19.4 Å². The summed E-state index contributed by atoms with van der Waals surface area (Å²) in [5.74, 6) is 1.01. The molecule has 7 nitrogen and oxygen atoms in total. The van der Waals surface area contributed by atoms with Gasteiger partial charge in [0.15, 0.2) is 17.3 Å². The third-order valence-corrected chi connectivity index (χ3v) is 5.70. The number of nitrogens with one attached hydrogen (secondary N) is 1. The molecule has 1 heterocycles. The summed E-state index contributed by atoms with van der Waals surface area (Å²) in [6.07, 6.45) is 0.618. The third kappa shape index (κ3) is 5.05. The van der Waals surface area contributed by atoms with E-state index in [9.17, 15) is 9.59 Å². The zero-order valence-electron chi connectivity index (χ0n) is 18.9. The van der Waals surface area contributed by atoms with Crippen molar-refractivity contribution in [3.63, 3.8) is 0 Å². The number of halogens is 1. The van der Waals surface area contributed by atoms with Crippen molar-refractivity contribution in [1.82, 2.24) is 14.9 Å². The third-order valence-electron chi connectivity index (χ3n) is 5.45. The highest BCUT2D eigenvalue weighted by Gasteiger charge is 2.20. The molecular weight excluding hydrogens is 454 g/mol. The van der Waals surface area contributed by atoms with Crippen LogP contribution in [0.4, 0.5) is 0 Å². The fourth-order valence-electron chi connectivity index (χ4n) is 3.72. The predicted molar refractivity (Wildman–Crippen MR) is 131 cm³/mol. The fourth-order valence-corrected chi connectivity index (χ4v) is 3.85. The molecule has 1 aromatic heterocycles. The highest BCUT2D eigenvalue weighted by molar-refractivity contribution is 6.30. The first-order chi connectivity index (χ1) is 16.5. The van der Waals surface area contributed by atoms with E-state index in [-0.39, 0.29) is 24.1 Å². The van der Waals surface area contributed by atoms with Gasteiger partial charge in [0.25, 0.3) is 0 Å². The number of hydrogen-bond donors (Lipinski definition) is 1. The maximum Gasteiger partial charge on any atom is 0.240 e. The lowest BCUT2D eigenvalue weighted by molar-refractivity contribution is -0.121. The number of rotatable bonds is 9. The molecule has 0 radical (unpaired) electrons. The molecule has 3 aromatic carbocycles. The summed E-state index contributed by atoms with van der Waals surface area (Å²) in [6, 6.07) is 19.6. The lowest BCUT2D eigenvalue weighted by Gasteiger charge is -2.11. The number of ketones is 1. The van der Waals surface area contributed by atoms with E-state index in [4.69, 9.17) is 21.1 Å². The number of carbonyl (C=O) groups is 2. The second-order valence-electron chi connectivity index (χ2n) is 7.64. The van der Waals surface area contributed by atoms with Crippen molar-refractivity contribution in [3.05, 3.63) is 88.7 Å². The van der Waals surface area contributed by atoms with Gasteiger partial charge in [-0.25, -0.2) is 4.98 Å². The van der Waals surface area contributed by atoms with Crippen molar-refractivity contribution < 1.29 is 19.1 Å². The van der Waals surface area contributed by atoms with Crippen molar-refractivity contribution in [2.24, 2.45) is 0 Å². The van der Waals surface area contributed by atoms with E-state index >= 15 is 0 Å². The Bertz CT molecular complexity index is 1330. The zero-order chi connectivity index (χ0) is 24.1. The molecule has 0 saturated heterocycles. The summed E-state index contributed by atoms with van der Waals surface area (Å²) in [7, 11) is 3.17. The molecule has 0 aliphatic rings. The molecule has 4 aromatic rings. The highest BCUT2D eigenvalue weighted by Crippen LogP contribution is 2.27. The Morgan fingerprint density at radius 2 is 1.71 bits per heavy atom. The van der Waals surface area contributed by atoms with Gasteiger partial charge in [-0.2, -0.15) is 0 Å². The molecule has 0 bridgehead atoms. The minimum Gasteiger partial charge on any atom is -0.493 e. The van der Waals surface area contributed by atoms with Crippen LogP contribution in [0, 0.1) is 0 Å². The molecular formula is C26H24ClN3O4. The van der Waals surface area contributed by atoms with Crippen LogP contribution in [0.15, 0.2) is 66.7 Å². The van der Waals surface area contributed by atoms with Gasteiger partial charge in [-0.1, -0.05) is 29.8 Å². The van der Waals surface area contributed by atoms with Gasteiger partial charge in [-0.15, -0.1) is 0 Å². The van der Waals surface area contributed by atoms with Crippen LogP contribution in [0.25, 0.3) is 11.0 Å². The molecule has 0 aliphatic carbocycles. The number of aromatic nitrogens is 2. The first-order valence-electron chi connectivity index (χ1n) is 10.7. The zero-order valence-corrected chi connectivity index (χ0v) is 19.6. The van der Waals surface area contributed by atoms with E-state index < -0.39 is 0 Å². The standard InChI is InChI=1S/C26H24ClN3O4/c1-33-22-12-7-17(15-23(22)34-2)13-14-28-24(31)16-30-21-6-4-3-5-20(21)29-26(30)25(32)18-8-10-19(27)11-9-18/h3-12,15H,13-14,16H2,1-2H3,(H,28,31). The number of hydrogen-bond acceptors (Lipinski definition) is 5. The normalized spacial score (nSPS) is 10.8. The quantitative estimate of drug-likeness (QED) is 0.363. The molecule has 34 heavy (non-hydrogen) atoms. The van der Waals surface area contributed by atoms with Crippen LogP contribution in [-0.2, 0) is 17.8 Å². The van der Waals surface area contributed by atoms with Crippen LogP contribution in [0.1, 0.15) is 21.7 Å². The minimum atomic E-state index is -0.272. The molecule has 0 atom stereocenters. The summed E-state index contributed by atoms with van der Waals surface area (Å²) in [5.41, 5.74) is 2.83. The van der Waals surface area contributed by atoms with Crippen molar-refractivity contribution in [3.8, 4) is 11.5 Å². The second kappa shape index (κ2) is 10.4. The Morgan fingerprint density at radius 1 is 0.971 bits per heavy atom. The van der Waals surface area contributed by atoms with Crippen LogP contribution in [-0.4, -0.2) is 42.0 Å². The molecule has 0 unspecified atom stereocenters. The Hall–Kier alpha value is -3.84. The average Bonchev–Trinajstić information content (AvgIpc) is 3.22. The summed E-state index contributed by atoms with van der Waals surface area (Å²) in [6.45, 7) is 0.405. The number of ether oxygens (including phenoxy) is 2. The molecule has 0 aliphatic heterocycles. The number of imidazole rings is 1. The largest absolute Gasteiger partial charge is 0.493 e. The Morgan fingerprint density at radius 3 is 2.44 bits per heavy atom. The van der Waals surface area contributed by atoms with Gasteiger partial charge in [-0.05, 0) is 60.5 Å². The average molecular weight is 478 g/mol. The van der Waals surface area contributed by atoms with Crippen molar-refractivity contribution in [1.29, 1.82) is 0 Å². The maximum atomic E-state index is 13.2. The Kier molecular flexibility index (Phi) is 7.13.